The van der Waals surface area contributed by atoms with E-state index in [-0.39, 0.29) is 18.6 Å². The van der Waals surface area contributed by atoms with Gasteiger partial charge in [0, 0.05) is 17.8 Å². The second-order valence-corrected chi connectivity index (χ2v) is 4.82. The van der Waals surface area contributed by atoms with Crippen LogP contribution in [0.5, 0.6) is 0 Å². The molecule has 0 spiro atoms. The van der Waals surface area contributed by atoms with Crippen LogP contribution in [-0.2, 0) is 11.2 Å². The van der Waals surface area contributed by atoms with E-state index in [1.165, 1.54) is 5.56 Å². The minimum atomic E-state index is -0.250. The van der Waals surface area contributed by atoms with Crippen LogP contribution in [0.1, 0.15) is 37.4 Å². The van der Waals surface area contributed by atoms with Crippen molar-refractivity contribution < 1.29 is 9.90 Å². The summed E-state index contributed by atoms with van der Waals surface area (Å²) < 4.78 is 0. The van der Waals surface area contributed by atoms with Crippen LogP contribution in [0, 0.1) is 0 Å². The lowest BCUT2D eigenvalue weighted by atomic mass is 10.0. The van der Waals surface area contributed by atoms with Gasteiger partial charge in [-0.2, -0.15) is 0 Å². The van der Waals surface area contributed by atoms with Crippen LogP contribution in [0.4, 0.5) is 0 Å². The maximum absolute atomic E-state index is 8.36. The van der Waals surface area contributed by atoms with E-state index in [9.17, 15) is 0 Å². The van der Waals surface area contributed by atoms with Gasteiger partial charge in [-0.15, -0.1) is 0 Å². The molecule has 0 aromatic heterocycles. The Hall–Kier alpha value is -1.85. The van der Waals surface area contributed by atoms with Crippen LogP contribution in [-0.4, -0.2) is 17.6 Å². The molecule has 0 amide bonds. The van der Waals surface area contributed by atoms with E-state index in [1.807, 2.05) is 19.9 Å². The molecule has 1 aromatic rings. The number of rotatable bonds is 5. The summed E-state index contributed by atoms with van der Waals surface area (Å²) in [5.41, 5.74) is 20.6. The first-order valence-electron chi connectivity index (χ1n) is 6.50. The zero-order valence-electron chi connectivity index (χ0n) is 12.1. The van der Waals surface area contributed by atoms with Crippen LogP contribution >= 0.6 is 0 Å². The van der Waals surface area contributed by atoms with Crippen molar-refractivity contribution in [1.29, 1.82) is 0 Å². The van der Waals surface area contributed by atoms with Gasteiger partial charge in [0.2, 0.25) is 0 Å². The maximum Gasteiger partial charge on any atom is 0.290 e. The Bertz CT molecular complexity index is 410. The van der Waals surface area contributed by atoms with Crippen molar-refractivity contribution in [3.05, 3.63) is 47.2 Å². The quantitative estimate of drug-likeness (QED) is 0.610. The molecule has 0 aliphatic rings. The first-order valence-corrected chi connectivity index (χ1v) is 6.50. The smallest absolute Gasteiger partial charge is 0.290 e. The van der Waals surface area contributed by atoms with Gasteiger partial charge in [0.05, 0.1) is 0 Å². The Kier molecular flexibility index (Phi) is 9.07. The third kappa shape index (κ3) is 8.29. The molecule has 0 heterocycles. The number of allylic oxidation sites excluding steroid dienone is 1. The Balaban J connectivity index is 0.00000110. The van der Waals surface area contributed by atoms with Crippen LogP contribution in [0.2, 0.25) is 0 Å². The lowest BCUT2D eigenvalue weighted by molar-refractivity contribution is -0.122. The van der Waals surface area contributed by atoms with Gasteiger partial charge in [0.25, 0.3) is 6.47 Å². The molecule has 0 radical (unpaired) electrons. The van der Waals surface area contributed by atoms with Crippen molar-refractivity contribution in [1.82, 2.24) is 0 Å². The lowest BCUT2D eigenvalue weighted by Gasteiger charge is -2.11. The van der Waals surface area contributed by atoms with Gasteiger partial charge in [0.1, 0.15) is 0 Å². The molecule has 0 saturated heterocycles. The topological polar surface area (TPSA) is 115 Å². The summed E-state index contributed by atoms with van der Waals surface area (Å²) in [6.45, 7) is 3.63. The fourth-order valence-corrected chi connectivity index (χ4v) is 1.72. The highest BCUT2D eigenvalue weighted by molar-refractivity contribution is 5.32. The summed E-state index contributed by atoms with van der Waals surface area (Å²) in [7, 11) is 0. The average Bonchev–Trinajstić information content (AvgIpc) is 2.37. The van der Waals surface area contributed by atoms with E-state index in [0.29, 0.717) is 0 Å². The SMILES string of the molecule is C/C(N)=C\CC(N)c1ccc(CC(C)N)cc1.O=CO. The molecule has 1 rings (SSSR count). The van der Waals surface area contributed by atoms with Gasteiger partial charge in [-0.1, -0.05) is 30.3 Å². The Morgan fingerprint density at radius 3 is 2.20 bits per heavy atom. The predicted octanol–water partition coefficient (Wildman–Crippen LogP) is 1.53. The molecule has 2 unspecified atom stereocenters. The second kappa shape index (κ2) is 10.00. The minimum Gasteiger partial charge on any atom is -0.483 e. The molecule has 5 nitrogen and oxygen atoms in total. The van der Waals surface area contributed by atoms with Crippen molar-refractivity contribution in [2.24, 2.45) is 17.2 Å². The number of hydrogen-bond donors (Lipinski definition) is 4. The van der Waals surface area contributed by atoms with Crippen molar-refractivity contribution in [2.75, 3.05) is 0 Å². The molecular formula is C15H25N3O2. The number of nitrogens with two attached hydrogens (primary N) is 3. The Labute approximate surface area is 120 Å². The normalized spacial score (nSPS) is 13.9. The summed E-state index contributed by atoms with van der Waals surface area (Å²) in [6, 6.07) is 8.54. The van der Waals surface area contributed by atoms with Gasteiger partial charge < -0.3 is 22.3 Å². The van der Waals surface area contributed by atoms with Gasteiger partial charge in [-0.05, 0) is 37.8 Å². The van der Waals surface area contributed by atoms with E-state index < -0.39 is 0 Å². The standard InChI is InChI=1S/C14H23N3.CH2O2/c1-10(15)3-8-14(17)13-6-4-12(5-7-13)9-11(2)16;2-1-3/h3-7,11,14H,8-9,15-17H2,1-2H3;1H,(H,2,3)/b10-3+;. The first-order chi connectivity index (χ1) is 9.40. The second-order valence-electron chi connectivity index (χ2n) is 4.82. The average molecular weight is 279 g/mol. The molecule has 0 bridgehead atoms. The fourth-order valence-electron chi connectivity index (χ4n) is 1.72. The summed E-state index contributed by atoms with van der Waals surface area (Å²) >= 11 is 0. The maximum atomic E-state index is 8.36. The lowest BCUT2D eigenvalue weighted by Crippen LogP contribution is -2.17. The Morgan fingerprint density at radius 1 is 1.30 bits per heavy atom. The molecule has 112 valence electrons. The van der Waals surface area contributed by atoms with Crippen molar-refractivity contribution in [3.63, 3.8) is 0 Å². The van der Waals surface area contributed by atoms with Crippen molar-refractivity contribution in [3.8, 4) is 0 Å². The Morgan fingerprint density at radius 2 is 1.80 bits per heavy atom. The zero-order chi connectivity index (χ0) is 15.5. The number of carboxylic acid groups (broad SMARTS) is 1. The summed E-state index contributed by atoms with van der Waals surface area (Å²) in [5.74, 6) is 0. The van der Waals surface area contributed by atoms with Crippen LogP contribution in [0.15, 0.2) is 36.0 Å². The van der Waals surface area contributed by atoms with E-state index in [1.54, 1.807) is 0 Å². The van der Waals surface area contributed by atoms with Gasteiger partial charge >= 0.3 is 0 Å². The largest absolute Gasteiger partial charge is 0.483 e. The van der Waals surface area contributed by atoms with E-state index in [0.717, 1.165) is 24.1 Å². The number of benzene rings is 1. The fraction of sp³-hybridized carbons (Fsp3) is 0.400. The zero-order valence-corrected chi connectivity index (χ0v) is 12.1. The van der Waals surface area contributed by atoms with Crippen molar-refractivity contribution in [2.45, 2.75) is 38.8 Å². The highest BCUT2D eigenvalue weighted by Crippen LogP contribution is 2.16. The third-order valence-electron chi connectivity index (χ3n) is 2.66. The molecule has 2 atom stereocenters. The van der Waals surface area contributed by atoms with Gasteiger partial charge in [-0.3, -0.25) is 4.79 Å². The summed E-state index contributed by atoms with van der Waals surface area (Å²) in [6.07, 6.45) is 3.63. The monoisotopic (exact) mass is 279 g/mol. The van der Waals surface area contributed by atoms with E-state index in [2.05, 4.69) is 24.3 Å². The molecule has 1 aromatic carbocycles. The van der Waals surface area contributed by atoms with E-state index in [4.69, 9.17) is 27.1 Å². The number of hydrogen-bond acceptors (Lipinski definition) is 4. The third-order valence-corrected chi connectivity index (χ3v) is 2.66. The van der Waals surface area contributed by atoms with Crippen LogP contribution in [0.25, 0.3) is 0 Å². The van der Waals surface area contributed by atoms with Gasteiger partial charge in [-0.25, -0.2) is 0 Å². The highest BCUT2D eigenvalue weighted by Gasteiger charge is 2.04. The molecule has 7 N–H and O–H groups in total. The molecule has 0 saturated carbocycles. The summed E-state index contributed by atoms with van der Waals surface area (Å²) in [4.78, 5) is 8.36. The van der Waals surface area contributed by atoms with E-state index >= 15 is 0 Å². The number of carbonyl (C=O) groups is 1. The molecule has 0 aliphatic carbocycles. The molecular weight excluding hydrogens is 254 g/mol. The first kappa shape index (κ1) is 18.1. The van der Waals surface area contributed by atoms with Crippen LogP contribution in [0.3, 0.4) is 0 Å². The predicted molar refractivity (Wildman–Crippen MR) is 82.0 cm³/mol. The molecule has 20 heavy (non-hydrogen) atoms. The highest BCUT2D eigenvalue weighted by atomic mass is 16.3. The summed E-state index contributed by atoms with van der Waals surface area (Å²) in [5, 5.41) is 6.89. The van der Waals surface area contributed by atoms with Crippen molar-refractivity contribution >= 4 is 6.47 Å². The van der Waals surface area contributed by atoms with Crippen LogP contribution < -0.4 is 17.2 Å². The minimum absolute atomic E-state index is 0.0119. The molecule has 0 fully saturated rings. The molecule has 0 aliphatic heterocycles. The van der Waals surface area contributed by atoms with Gasteiger partial charge in [0.15, 0.2) is 0 Å². The molecule has 5 heteroatoms.